The number of hydrazone groups is 1. The third-order valence-electron chi connectivity index (χ3n) is 3.25. The largest absolute Gasteiger partial charge is 0.309 e. The van der Waals surface area contributed by atoms with Gasteiger partial charge in [-0.25, -0.2) is 0 Å². The molecule has 0 saturated heterocycles. The third kappa shape index (κ3) is 4.72. The number of rotatable bonds is 6. The average Bonchev–Trinajstić information content (AvgIpc) is 2.49. The SMILES string of the molecule is C[C@@H](CN(C)C)/C(=N\Nc1ccccc1)c1ccccc1. The van der Waals surface area contributed by atoms with Crippen molar-refractivity contribution in [1.82, 2.24) is 4.90 Å². The molecule has 2 aromatic rings. The van der Waals surface area contributed by atoms with Crippen molar-refractivity contribution in [3.05, 3.63) is 66.2 Å². The summed E-state index contributed by atoms with van der Waals surface area (Å²) in [5.74, 6) is 0.346. The molecule has 0 heterocycles. The first-order valence-electron chi connectivity index (χ1n) is 7.25. The van der Waals surface area contributed by atoms with Crippen LogP contribution in [0.1, 0.15) is 12.5 Å². The zero-order valence-corrected chi connectivity index (χ0v) is 13.0. The molecule has 110 valence electrons. The van der Waals surface area contributed by atoms with Gasteiger partial charge in [0.1, 0.15) is 0 Å². The summed E-state index contributed by atoms with van der Waals surface area (Å²) in [4.78, 5) is 2.19. The van der Waals surface area contributed by atoms with Crippen LogP contribution < -0.4 is 5.43 Å². The van der Waals surface area contributed by atoms with E-state index in [1.54, 1.807) is 0 Å². The molecule has 0 aliphatic rings. The number of hydrogen-bond donors (Lipinski definition) is 1. The van der Waals surface area contributed by atoms with Crippen molar-refractivity contribution >= 4 is 11.4 Å². The zero-order chi connectivity index (χ0) is 15.1. The molecule has 3 heteroatoms. The van der Waals surface area contributed by atoms with E-state index in [0.717, 1.165) is 23.5 Å². The minimum absolute atomic E-state index is 0.346. The fourth-order valence-corrected chi connectivity index (χ4v) is 2.34. The zero-order valence-electron chi connectivity index (χ0n) is 13.0. The smallest absolute Gasteiger partial charge is 0.0720 e. The van der Waals surface area contributed by atoms with Crippen LogP contribution >= 0.6 is 0 Å². The molecular weight excluding hydrogens is 258 g/mol. The molecule has 0 aliphatic carbocycles. The normalized spacial score (nSPS) is 13.2. The van der Waals surface area contributed by atoms with Crippen LogP contribution in [0.5, 0.6) is 0 Å². The lowest BCUT2D eigenvalue weighted by Crippen LogP contribution is -2.27. The molecule has 0 saturated carbocycles. The van der Waals surface area contributed by atoms with Crippen molar-refractivity contribution < 1.29 is 0 Å². The molecule has 0 fully saturated rings. The van der Waals surface area contributed by atoms with Gasteiger partial charge in [0.25, 0.3) is 0 Å². The Bertz CT molecular complexity index is 562. The predicted octanol–water partition coefficient (Wildman–Crippen LogP) is 3.70. The molecule has 0 unspecified atom stereocenters. The Morgan fingerprint density at radius 1 is 1.00 bits per heavy atom. The van der Waals surface area contributed by atoms with E-state index in [2.05, 4.69) is 60.7 Å². The maximum atomic E-state index is 4.66. The highest BCUT2D eigenvalue weighted by atomic mass is 15.3. The van der Waals surface area contributed by atoms with Gasteiger partial charge in [-0.3, -0.25) is 5.43 Å². The van der Waals surface area contributed by atoms with Crippen LogP contribution in [0.25, 0.3) is 0 Å². The summed E-state index contributed by atoms with van der Waals surface area (Å²) in [7, 11) is 4.17. The Morgan fingerprint density at radius 3 is 2.14 bits per heavy atom. The Morgan fingerprint density at radius 2 is 1.57 bits per heavy atom. The van der Waals surface area contributed by atoms with E-state index in [1.807, 2.05) is 36.4 Å². The van der Waals surface area contributed by atoms with Crippen molar-refractivity contribution in [1.29, 1.82) is 0 Å². The topological polar surface area (TPSA) is 27.6 Å². The first-order valence-corrected chi connectivity index (χ1v) is 7.25. The second-order valence-electron chi connectivity index (χ2n) is 5.50. The van der Waals surface area contributed by atoms with Gasteiger partial charge in [-0.15, -0.1) is 0 Å². The quantitative estimate of drug-likeness (QED) is 0.646. The minimum atomic E-state index is 0.346. The summed E-state index contributed by atoms with van der Waals surface area (Å²) in [6.45, 7) is 3.17. The maximum Gasteiger partial charge on any atom is 0.0720 e. The molecule has 0 amide bonds. The third-order valence-corrected chi connectivity index (χ3v) is 3.25. The molecular formula is C18H23N3. The minimum Gasteiger partial charge on any atom is -0.309 e. The molecule has 2 rings (SSSR count). The molecule has 0 radical (unpaired) electrons. The Kier molecular flexibility index (Phi) is 5.52. The van der Waals surface area contributed by atoms with Gasteiger partial charge in [-0.1, -0.05) is 55.5 Å². The molecule has 0 bridgehead atoms. The van der Waals surface area contributed by atoms with Crippen LogP contribution in [-0.4, -0.2) is 31.3 Å². The molecule has 1 N–H and O–H groups in total. The molecule has 0 aromatic heterocycles. The van der Waals surface area contributed by atoms with Crippen LogP contribution in [0.3, 0.4) is 0 Å². The molecule has 0 aliphatic heterocycles. The van der Waals surface area contributed by atoms with E-state index in [1.165, 1.54) is 0 Å². The number of nitrogens with one attached hydrogen (secondary N) is 1. The van der Waals surface area contributed by atoms with E-state index in [-0.39, 0.29) is 0 Å². The number of para-hydroxylation sites is 1. The van der Waals surface area contributed by atoms with Crippen molar-refractivity contribution in [2.45, 2.75) is 6.92 Å². The standard InChI is InChI=1S/C18H23N3/c1-15(14-21(2)3)18(16-10-6-4-7-11-16)20-19-17-12-8-5-9-13-17/h4-13,15,19H,14H2,1-3H3/b20-18+/t15-/m0/s1. The summed E-state index contributed by atoms with van der Waals surface area (Å²) in [5, 5.41) is 4.66. The van der Waals surface area contributed by atoms with Gasteiger partial charge >= 0.3 is 0 Å². The first kappa shape index (κ1) is 15.3. The average molecular weight is 281 g/mol. The highest BCUT2D eigenvalue weighted by Crippen LogP contribution is 2.13. The highest BCUT2D eigenvalue weighted by molar-refractivity contribution is 6.02. The number of benzene rings is 2. The lowest BCUT2D eigenvalue weighted by molar-refractivity contribution is 0.380. The van der Waals surface area contributed by atoms with Crippen LogP contribution in [-0.2, 0) is 0 Å². The van der Waals surface area contributed by atoms with Gasteiger partial charge in [0.15, 0.2) is 0 Å². The highest BCUT2D eigenvalue weighted by Gasteiger charge is 2.14. The Balaban J connectivity index is 2.23. The van der Waals surface area contributed by atoms with Crippen LogP contribution in [0.15, 0.2) is 65.8 Å². The predicted molar refractivity (Wildman–Crippen MR) is 90.8 cm³/mol. The first-order chi connectivity index (χ1) is 10.2. The number of anilines is 1. The second-order valence-corrected chi connectivity index (χ2v) is 5.50. The van der Waals surface area contributed by atoms with Gasteiger partial charge in [0.2, 0.25) is 0 Å². The van der Waals surface area contributed by atoms with Crippen LogP contribution in [0, 0.1) is 5.92 Å². The summed E-state index contributed by atoms with van der Waals surface area (Å²) in [6, 6.07) is 20.4. The maximum absolute atomic E-state index is 4.66. The van der Waals surface area contributed by atoms with Crippen molar-refractivity contribution in [3.8, 4) is 0 Å². The number of hydrogen-bond acceptors (Lipinski definition) is 3. The lowest BCUT2D eigenvalue weighted by atomic mass is 9.98. The monoisotopic (exact) mass is 281 g/mol. The van der Waals surface area contributed by atoms with Gasteiger partial charge in [0, 0.05) is 12.5 Å². The van der Waals surface area contributed by atoms with E-state index >= 15 is 0 Å². The lowest BCUT2D eigenvalue weighted by Gasteiger charge is -2.19. The summed E-state index contributed by atoms with van der Waals surface area (Å²) >= 11 is 0. The molecule has 3 nitrogen and oxygen atoms in total. The molecule has 0 spiro atoms. The summed E-state index contributed by atoms with van der Waals surface area (Å²) in [5.41, 5.74) is 6.41. The summed E-state index contributed by atoms with van der Waals surface area (Å²) < 4.78 is 0. The second kappa shape index (κ2) is 7.60. The molecule has 21 heavy (non-hydrogen) atoms. The van der Waals surface area contributed by atoms with Crippen molar-refractivity contribution in [2.75, 3.05) is 26.1 Å². The fraction of sp³-hybridized carbons (Fsp3) is 0.278. The van der Waals surface area contributed by atoms with Crippen LogP contribution in [0.2, 0.25) is 0 Å². The number of nitrogens with zero attached hydrogens (tertiary/aromatic N) is 2. The van der Waals surface area contributed by atoms with Crippen LogP contribution in [0.4, 0.5) is 5.69 Å². The van der Waals surface area contributed by atoms with E-state index in [9.17, 15) is 0 Å². The molecule has 2 aromatic carbocycles. The van der Waals surface area contributed by atoms with E-state index in [4.69, 9.17) is 0 Å². The Labute approximate surface area is 127 Å². The van der Waals surface area contributed by atoms with Crippen molar-refractivity contribution in [3.63, 3.8) is 0 Å². The van der Waals surface area contributed by atoms with Gasteiger partial charge in [0.05, 0.1) is 11.4 Å². The van der Waals surface area contributed by atoms with Gasteiger partial charge < -0.3 is 4.90 Å². The van der Waals surface area contributed by atoms with E-state index < -0.39 is 0 Å². The van der Waals surface area contributed by atoms with Gasteiger partial charge in [-0.2, -0.15) is 5.10 Å². The van der Waals surface area contributed by atoms with E-state index in [0.29, 0.717) is 5.92 Å². The summed E-state index contributed by atoms with van der Waals surface area (Å²) in [6.07, 6.45) is 0. The van der Waals surface area contributed by atoms with Gasteiger partial charge in [-0.05, 0) is 31.8 Å². The fourth-order valence-electron chi connectivity index (χ4n) is 2.34. The Hall–Kier alpha value is -2.13. The molecule has 1 atom stereocenters. The van der Waals surface area contributed by atoms with Crippen molar-refractivity contribution in [2.24, 2.45) is 11.0 Å².